The second-order valence-corrected chi connectivity index (χ2v) is 5.66. The number of hydrogen-bond donors (Lipinski definition) is 3. The summed E-state index contributed by atoms with van der Waals surface area (Å²) in [6.45, 7) is 1.68. The summed E-state index contributed by atoms with van der Waals surface area (Å²) < 4.78 is 0. The van der Waals surface area contributed by atoms with E-state index in [9.17, 15) is 9.59 Å². The van der Waals surface area contributed by atoms with Crippen molar-refractivity contribution in [1.82, 2.24) is 25.5 Å². The van der Waals surface area contributed by atoms with E-state index in [1.165, 1.54) is 0 Å². The molecule has 1 aliphatic heterocycles. The van der Waals surface area contributed by atoms with Crippen molar-refractivity contribution < 1.29 is 9.59 Å². The number of hydrogen-bond acceptors (Lipinski definition) is 4. The maximum Gasteiger partial charge on any atom is 0.238 e. The Balaban J connectivity index is 1.57. The van der Waals surface area contributed by atoms with Crippen molar-refractivity contribution in [2.24, 2.45) is 0 Å². The molecule has 7 nitrogen and oxygen atoms in total. The monoisotopic (exact) mass is 315 g/mol. The summed E-state index contributed by atoms with van der Waals surface area (Å²) in [5.74, 6) is 0.790. The molecule has 122 valence electrons. The molecule has 1 aromatic carbocycles. The Morgan fingerprint density at radius 1 is 1.39 bits per heavy atom. The van der Waals surface area contributed by atoms with Crippen LogP contribution in [-0.2, 0) is 16.0 Å². The lowest BCUT2D eigenvalue weighted by molar-refractivity contribution is -0.134. The Kier molecular flexibility index (Phi) is 4.57. The van der Waals surface area contributed by atoms with Gasteiger partial charge in [0.05, 0.1) is 11.0 Å². The first-order valence-electron chi connectivity index (χ1n) is 7.84. The van der Waals surface area contributed by atoms with E-state index in [1.54, 1.807) is 11.9 Å². The van der Waals surface area contributed by atoms with Gasteiger partial charge in [0, 0.05) is 39.5 Å². The molecular formula is C16H21N5O2. The molecule has 7 heteroatoms. The van der Waals surface area contributed by atoms with Crippen molar-refractivity contribution in [2.45, 2.75) is 18.9 Å². The molecule has 3 rings (SSSR count). The number of aryl methyl sites for hydroxylation is 1. The van der Waals surface area contributed by atoms with Crippen molar-refractivity contribution >= 4 is 22.8 Å². The van der Waals surface area contributed by atoms with Crippen LogP contribution in [0.3, 0.4) is 0 Å². The molecule has 3 N–H and O–H groups in total. The first-order chi connectivity index (χ1) is 11.2. The molecule has 0 aliphatic carbocycles. The average molecular weight is 315 g/mol. The number of nitrogens with one attached hydrogen (secondary N) is 3. The zero-order valence-corrected chi connectivity index (χ0v) is 13.1. The molecule has 0 bridgehead atoms. The van der Waals surface area contributed by atoms with E-state index in [0.717, 1.165) is 16.9 Å². The molecule has 2 heterocycles. The van der Waals surface area contributed by atoms with Gasteiger partial charge in [0.2, 0.25) is 11.8 Å². The molecule has 1 aliphatic rings. The number of para-hydroxylation sites is 2. The lowest BCUT2D eigenvalue weighted by Crippen LogP contribution is -2.57. The van der Waals surface area contributed by atoms with Gasteiger partial charge in [-0.1, -0.05) is 12.1 Å². The number of benzene rings is 1. The number of nitrogens with zero attached hydrogens (tertiary/aromatic N) is 2. The summed E-state index contributed by atoms with van der Waals surface area (Å²) in [7, 11) is 1.60. The highest BCUT2D eigenvalue weighted by Gasteiger charge is 2.27. The average Bonchev–Trinajstić information content (AvgIpc) is 3.02. The van der Waals surface area contributed by atoms with Gasteiger partial charge in [0.15, 0.2) is 0 Å². The Hall–Kier alpha value is -2.41. The largest absolute Gasteiger partial charge is 0.358 e. The topological polar surface area (TPSA) is 90.1 Å². The van der Waals surface area contributed by atoms with Gasteiger partial charge in [0.1, 0.15) is 11.9 Å². The number of carbonyl (C=O) groups excluding carboxylic acids is 2. The van der Waals surface area contributed by atoms with E-state index >= 15 is 0 Å². The van der Waals surface area contributed by atoms with Crippen molar-refractivity contribution in [3.8, 4) is 0 Å². The van der Waals surface area contributed by atoms with E-state index < -0.39 is 0 Å². The van der Waals surface area contributed by atoms with Crippen LogP contribution < -0.4 is 10.6 Å². The normalized spacial score (nSPS) is 18.1. The predicted molar refractivity (Wildman–Crippen MR) is 86.9 cm³/mol. The highest BCUT2D eigenvalue weighted by atomic mass is 16.2. The molecule has 2 aromatic rings. The molecule has 23 heavy (non-hydrogen) atoms. The number of piperazine rings is 1. The lowest BCUT2D eigenvalue weighted by Gasteiger charge is -2.32. The molecule has 1 aromatic heterocycles. The number of aromatic nitrogens is 2. The van der Waals surface area contributed by atoms with Gasteiger partial charge in [-0.3, -0.25) is 9.59 Å². The number of amides is 2. The fourth-order valence-electron chi connectivity index (χ4n) is 2.83. The number of H-pyrrole nitrogens is 1. The zero-order valence-electron chi connectivity index (χ0n) is 13.1. The fourth-order valence-corrected chi connectivity index (χ4v) is 2.83. The number of imidazole rings is 1. The highest BCUT2D eigenvalue weighted by molar-refractivity contribution is 5.83. The molecule has 0 spiro atoms. The maximum absolute atomic E-state index is 12.4. The standard InChI is InChI=1S/C16H21N5O2/c1-17-16(23)13-10-21(9-8-18-13)15(22)7-6-14-19-11-4-2-3-5-12(11)20-14/h2-5,13,18H,6-10H2,1H3,(H,17,23)(H,19,20). The van der Waals surface area contributed by atoms with Crippen LogP contribution in [-0.4, -0.2) is 59.4 Å². The van der Waals surface area contributed by atoms with E-state index in [-0.39, 0.29) is 17.9 Å². The van der Waals surface area contributed by atoms with Gasteiger partial charge < -0.3 is 20.5 Å². The quantitative estimate of drug-likeness (QED) is 0.743. The first kappa shape index (κ1) is 15.5. The van der Waals surface area contributed by atoms with Crippen LogP contribution in [0.4, 0.5) is 0 Å². The van der Waals surface area contributed by atoms with Gasteiger partial charge in [-0.05, 0) is 12.1 Å². The number of rotatable bonds is 4. The molecule has 2 amide bonds. The highest BCUT2D eigenvalue weighted by Crippen LogP contribution is 2.12. The minimum Gasteiger partial charge on any atom is -0.358 e. The molecular weight excluding hydrogens is 294 g/mol. The number of aromatic amines is 1. The maximum atomic E-state index is 12.4. The van der Waals surface area contributed by atoms with Crippen LogP contribution in [0.1, 0.15) is 12.2 Å². The zero-order chi connectivity index (χ0) is 16.2. The van der Waals surface area contributed by atoms with Gasteiger partial charge in [0.25, 0.3) is 0 Å². The third-order valence-electron chi connectivity index (χ3n) is 4.11. The third kappa shape index (κ3) is 3.50. The van der Waals surface area contributed by atoms with Crippen molar-refractivity contribution in [2.75, 3.05) is 26.7 Å². The van der Waals surface area contributed by atoms with Gasteiger partial charge >= 0.3 is 0 Å². The van der Waals surface area contributed by atoms with E-state index in [0.29, 0.717) is 32.5 Å². The Labute approximate surface area is 134 Å². The summed E-state index contributed by atoms with van der Waals surface area (Å²) in [5, 5.41) is 5.73. The van der Waals surface area contributed by atoms with Crippen LogP contribution in [0.15, 0.2) is 24.3 Å². The van der Waals surface area contributed by atoms with Crippen LogP contribution in [0.5, 0.6) is 0 Å². The minimum atomic E-state index is -0.330. The van der Waals surface area contributed by atoms with Crippen LogP contribution >= 0.6 is 0 Å². The molecule has 0 saturated carbocycles. The number of fused-ring (bicyclic) bond motifs is 1. The molecule has 1 fully saturated rings. The summed E-state index contributed by atoms with van der Waals surface area (Å²) in [5.41, 5.74) is 1.90. The smallest absolute Gasteiger partial charge is 0.238 e. The van der Waals surface area contributed by atoms with Crippen molar-refractivity contribution in [1.29, 1.82) is 0 Å². The van der Waals surface area contributed by atoms with Crippen LogP contribution in [0.2, 0.25) is 0 Å². The fraction of sp³-hybridized carbons (Fsp3) is 0.438. The Morgan fingerprint density at radius 2 is 2.22 bits per heavy atom. The summed E-state index contributed by atoms with van der Waals surface area (Å²) >= 11 is 0. The van der Waals surface area contributed by atoms with Gasteiger partial charge in [-0.2, -0.15) is 0 Å². The van der Waals surface area contributed by atoms with E-state index in [2.05, 4.69) is 20.6 Å². The molecule has 1 unspecified atom stereocenters. The van der Waals surface area contributed by atoms with Crippen molar-refractivity contribution in [3.63, 3.8) is 0 Å². The molecule has 1 saturated heterocycles. The molecule has 0 radical (unpaired) electrons. The van der Waals surface area contributed by atoms with Crippen molar-refractivity contribution in [3.05, 3.63) is 30.1 Å². The molecule has 1 atom stereocenters. The summed E-state index contributed by atoms with van der Waals surface area (Å²) in [6.07, 6.45) is 0.961. The number of likely N-dealkylation sites (N-methyl/N-ethyl adjacent to an activating group) is 1. The summed E-state index contributed by atoms with van der Waals surface area (Å²) in [6, 6.07) is 7.48. The van der Waals surface area contributed by atoms with Crippen LogP contribution in [0.25, 0.3) is 11.0 Å². The Bertz CT molecular complexity index is 678. The second kappa shape index (κ2) is 6.78. The van der Waals surface area contributed by atoms with E-state index in [4.69, 9.17) is 0 Å². The number of carbonyl (C=O) groups is 2. The first-order valence-corrected chi connectivity index (χ1v) is 7.84. The third-order valence-corrected chi connectivity index (χ3v) is 4.11. The predicted octanol–water partition coefficient (Wildman–Crippen LogP) is 0.0419. The Morgan fingerprint density at radius 3 is 3.00 bits per heavy atom. The van der Waals surface area contributed by atoms with Gasteiger partial charge in [-0.15, -0.1) is 0 Å². The summed E-state index contributed by atoms with van der Waals surface area (Å²) in [4.78, 5) is 33.5. The van der Waals surface area contributed by atoms with E-state index in [1.807, 2.05) is 24.3 Å². The SMILES string of the molecule is CNC(=O)C1CN(C(=O)CCc2nc3ccccc3[nH]2)CCN1. The minimum absolute atomic E-state index is 0.0564. The lowest BCUT2D eigenvalue weighted by atomic mass is 10.1. The second-order valence-electron chi connectivity index (χ2n) is 5.66. The van der Waals surface area contributed by atoms with Crippen LogP contribution in [0, 0.1) is 0 Å². The van der Waals surface area contributed by atoms with Gasteiger partial charge in [-0.25, -0.2) is 4.98 Å².